The van der Waals surface area contributed by atoms with Crippen molar-refractivity contribution in [3.63, 3.8) is 0 Å². The van der Waals surface area contributed by atoms with Crippen LogP contribution in [0.1, 0.15) is 48.3 Å². The molecule has 0 radical (unpaired) electrons. The maximum absolute atomic E-state index is 14.5. The minimum Gasteiger partial charge on any atom is -0.493 e. The molecule has 3 heterocycles. The van der Waals surface area contributed by atoms with Crippen molar-refractivity contribution in [1.29, 1.82) is 0 Å². The van der Waals surface area contributed by atoms with Crippen molar-refractivity contribution in [3.8, 4) is 22.9 Å². The van der Waals surface area contributed by atoms with Gasteiger partial charge in [0.25, 0.3) is 15.9 Å². The van der Waals surface area contributed by atoms with E-state index in [4.69, 9.17) is 9.47 Å². The van der Waals surface area contributed by atoms with Gasteiger partial charge in [0.1, 0.15) is 17.1 Å². The normalized spacial score (nSPS) is 11.4. The molecular weight excluding hydrogens is 559 g/mol. The number of benzene rings is 1. The van der Waals surface area contributed by atoms with Gasteiger partial charge in [-0.25, -0.2) is 19.1 Å². The van der Waals surface area contributed by atoms with Gasteiger partial charge >= 0.3 is 0 Å². The number of sulfonamides is 1. The molecule has 4 rings (SSSR count). The Labute approximate surface area is 245 Å². The average Bonchev–Trinajstić information content (AvgIpc) is 2.96. The fraction of sp³-hybridized carbons (Fsp3) is 0.290. The van der Waals surface area contributed by atoms with E-state index >= 15 is 0 Å². The SMILES string of the molecule is Cc1cccc(S(=O)(=O)NC(=O)c2ccc(-c3cc(F)cc(OCC(C)C)c3)nc2OCCCCc2cccnc2)n1. The molecule has 0 aliphatic heterocycles. The van der Waals surface area contributed by atoms with Crippen LogP contribution in [0.4, 0.5) is 4.39 Å². The standard InChI is InChI=1S/C31H33FN4O5S/c1-21(2)20-41-26-17-24(16-25(32)18-26)28-13-12-27(30(37)36-42(38,39)29-11-6-8-22(3)34-29)31(35-28)40-15-5-4-9-23-10-7-14-33-19-23/h6-8,10-14,16-19,21H,4-5,9,15,20H2,1-3H3,(H,36,37). The monoisotopic (exact) mass is 592 g/mol. The topological polar surface area (TPSA) is 120 Å². The maximum atomic E-state index is 14.5. The highest BCUT2D eigenvalue weighted by Gasteiger charge is 2.24. The first-order chi connectivity index (χ1) is 20.1. The van der Waals surface area contributed by atoms with Gasteiger partial charge in [-0.15, -0.1) is 0 Å². The summed E-state index contributed by atoms with van der Waals surface area (Å²) in [5.74, 6) is -0.922. The van der Waals surface area contributed by atoms with E-state index in [1.165, 1.54) is 36.4 Å². The van der Waals surface area contributed by atoms with Crippen LogP contribution in [-0.4, -0.2) is 42.5 Å². The second-order valence-electron chi connectivity index (χ2n) is 10.1. The Morgan fingerprint density at radius 1 is 1.00 bits per heavy atom. The summed E-state index contributed by atoms with van der Waals surface area (Å²) in [4.78, 5) is 25.8. The molecule has 0 aliphatic rings. The highest BCUT2D eigenvalue weighted by Crippen LogP contribution is 2.28. The Morgan fingerprint density at radius 3 is 2.57 bits per heavy atom. The Bertz CT molecular complexity index is 1630. The molecule has 11 heteroatoms. The molecule has 0 unspecified atom stereocenters. The van der Waals surface area contributed by atoms with Crippen molar-refractivity contribution in [2.45, 2.75) is 45.1 Å². The molecule has 220 valence electrons. The number of carbonyl (C=O) groups excluding carboxylic acids is 1. The number of rotatable bonds is 13. The largest absolute Gasteiger partial charge is 0.493 e. The third-order valence-corrected chi connectivity index (χ3v) is 7.27. The summed E-state index contributed by atoms with van der Waals surface area (Å²) < 4.78 is 53.9. The lowest BCUT2D eigenvalue weighted by Crippen LogP contribution is -2.31. The summed E-state index contributed by atoms with van der Waals surface area (Å²) in [6.45, 7) is 6.25. The zero-order valence-corrected chi connectivity index (χ0v) is 24.5. The summed E-state index contributed by atoms with van der Waals surface area (Å²) >= 11 is 0. The molecule has 3 aromatic heterocycles. The number of hydrogen-bond donors (Lipinski definition) is 1. The van der Waals surface area contributed by atoms with Crippen LogP contribution >= 0.6 is 0 Å². The molecule has 0 spiro atoms. The van der Waals surface area contributed by atoms with Crippen LogP contribution in [0.3, 0.4) is 0 Å². The van der Waals surface area contributed by atoms with E-state index in [1.807, 2.05) is 30.7 Å². The zero-order valence-electron chi connectivity index (χ0n) is 23.7. The number of aryl methyl sites for hydroxylation is 2. The number of carbonyl (C=O) groups is 1. The van der Waals surface area contributed by atoms with Crippen molar-refractivity contribution in [3.05, 3.63) is 95.7 Å². The van der Waals surface area contributed by atoms with Crippen molar-refractivity contribution in [2.75, 3.05) is 13.2 Å². The number of nitrogens with one attached hydrogen (secondary N) is 1. The summed E-state index contributed by atoms with van der Waals surface area (Å²) in [7, 11) is -4.26. The van der Waals surface area contributed by atoms with E-state index in [-0.39, 0.29) is 29.0 Å². The number of nitrogens with zero attached hydrogens (tertiary/aromatic N) is 3. The van der Waals surface area contributed by atoms with Crippen LogP contribution in [0.2, 0.25) is 0 Å². The number of amides is 1. The fourth-order valence-electron chi connectivity index (χ4n) is 3.98. The molecule has 1 amide bonds. The van der Waals surface area contributed by atoms with Gasteiger partial charge in [-0.2, -0.15) is 8.42 Å². The van der Waals surface area contributed by atoms with Crippen LogP contribution in [0.25, 0.3) is 11.3 Å². The number of pyridine rings is 3. The summed E-state index contributed by atoms with van der Waals surface area (Å²) in [6.07, 6.45) is 5.74. The van der Waals surface area contributed by atoms with Crippen molar-refractivity contribution < 1.29 is 27.1 Å². The van der Waals surface area contributed by atoms with E-state index < -0.39 is 21.7 Å². The Kier molecular flexibility index (Phi) is 10.2. The van der Waals surface area contributed by atoms with E-state index in [1.54, 1.807) is 31.5 Å². The quantitative estimate of drug-likeness (QED) is 0.201. The van der Waals surface area contributed by atoms with E-state index in [2.05, 4.69) is 15.0 Å². The first-order valence-electron chi connectivity index (χ1n) is 13.6. The Morgan fingerprint density at radius 2 is 1.83 bits per heavy atom. The number of hydrogen-bond acceptors (Lipinski definition) is 8. The van der Waals surface area contributed by atoms with Crippen LogP contribution in [0.15, 0.2) is 78.1 Å². The van der Waals surface area contributed by atoms with Crippen molar-refractivity contribution >= 4 is 15.9 Å². The van der Waals surface area contributed by atoms with Gasteiger partial charge in [-0.3, -0.25) is 9.78 Å². The number of halogens is 1. The van der Waals surface area contributed by atoms with E-state index in [0.29, 0.717) is 35.7 Å². The smallest absolute Gasteiger partial charge is 0.281 e. The van der Waals surface area contributed by atoms with Crippen molar-refractivity contribution in [2.24, 2.45) is 5.92 Å². The minimum atomic E-state index is -4.26. The molecule has 0 fully saturated rings. The summed E-state index contributed by atoms with van der Waals surface area (Å²) in [6, 6.07) is 15.5. The lowest BCUT2D eigenvalue weighted by Gasteiger charge is -2.14. The molecule has 0 saturated carbocycles. The number of ether oxygens (including phenoxy) is 2. The van der Waals surface area contributed by atoms with Gasteiger partial charge in [0.15, 0.2) is 5.03 Å². The second kappa shape index (κ2) is 14.0. The molecule has 1 N–H and O–H groups in total. The maximum Gasteiger partial charge on any atom is 0.281 e. The molecule has 1 aromatic carbocycles. The lowest BCUT2D eigenvalue weighted by molar-refractivity contribution is 0.0976. The predicted molar refractivity (Wildman–Crippen MR) is 156 cm³/mol. The molecule has 0 atom stereocenters. The highest BCUT2D eigenvalue weighted by atomic mass is 32.2. The zero-order chi connectivity index (χ0) is 30.1. The molecule has 4 aromatic rings. The third-order valence-electron chi connectivity index (χ3n) is 6.04. The van der Waals surface area contributed by atoms with Gasteiger partial charge in [0.05, 0.1) is 18.9 Å². The molecule has 0 saturated heterocycles. The second-order valence-corrected chi connectivity index (χ2v) is 11.8. The molecule has 9 nitrogen and oxygen atoms in total. The molecule has 0 aliphatic carbocycles. The first-order valence-corrected chi connectivity index (χ1v) is 15.1. The van der Waals surface area contributed by atoms with Crippen LogP contribution in [-0.2, 0) is 16.4 Å². The third kappa shape index (κ3) is 8.56. The van der Waals surface area contributed by atoms with Gasteiger partial charge in [-0.05, 0) is 80.1 Å². The van der Waals surface area contributed by atoms with E-state index in [0.717, 1.165) is 18.4 Å². The Balaban J connectivity index is 1.58. The predicted octanol–water partition coefficient (Wildman–Crippen LogP) is 5.54. The van der Waals surface area contributed by atoms with Crippen molar-refractivity contribution in [1.82, 2.24) is 19.7 Å². The van der Waals surface area contributed by atoms with Gasteiger partial charge < -0.3 is 9.47 Å². The molecular formula is C31H33FN4O5S. The Hall–Kier alpha value is -4.38. The van der Waals surface area contributed by atoms with Gasteiger partial charge in [0.2, 0.25) is 5.88 Å². The number of unbranched alkanes of at least 4 members (excludes halogenated alkanes) is 1. The van der Waals surface area contributed by atoms with E-state index in [9.17, 15) is 17.6 Å². The summed E-state index contributed by atoms with van der Waals surface area (Å²) in [5.41, 5.74) is 2.23. The van der Waals surface area contributed by atoms with Gasteiger partial charge in [0, 0.05) is 29.7 Å². The highest BCUT2D eigenvalue weighted by molar-refractivity contribution is 7.90. The fourth-order valence-corrected chi connectivity index (χ4v) is 4.96. The van der Waals surface area contributed by atoms with Crippen LogP contribution in [0, 0.1) is 18.7 Å². The minimum absolute atomic E-state index is 0.0762. The summed E-state index contributed by atoms with van der Waals surface area (Å²) in [5, 5.41) is -0.285. The first kappa shape index (κ1) is 30.6. The van der Waals surface area contributed by atoms with Gasteiger partial charge in [-0.1, -0.05) is 26.0 Å². The number of aromatic nitrogens is 3. The van der Waals surface area contributed by atoms with Crippen LogP contribution in [0.5, 0.6) is 11.6 Å². The molecule has 0 bridgehead atoms. The van der Waals surface area contributed by atoms with Crippen LogP contribution < -0.4 is 14.2 Å². The lowest BCUT2D eigenvalue weighted by atomic mass is 10.1. The average molecular weight is 593 g/mol. The molecule has 42 heavy (non-hydrogen) atoms.